The van der Waals surface area contributed by atoms with Gasteiger partial charge >= 0.3 is 0 Å². The summed E-state index contributed by atoms with van der Waals surface area (Å²) in [5.74, 6) is -0.0539. The third kappa shape index (κ3) is 4.32. The third-order valence-electron chi connectivity index (χ3n) is 3.63. The average molecular weight is 408 g/mol. The molecule has 0 spiro atoms. The minimum absolute atomic E-state index is 0.151. The number of halogens is 1. The topological polar surface area (TPSA) is 108 Å². The zero-order chi connectivity index (χ0) is 19.6. The molecule has 0 saturated heterocycles. The first-order chi connectivity index (χ1) is 12.9. The summed E-state index contributed by atoms with van der Waals surface area (Å²) in [5, 5.41) is 13.9. The lowest BCUT2D eigenvalue weighted by Gasteiger charge is -2.12. The van der Waals surface area contributed by atoms with E-state index >= 15 is 0 Å². The van der Waals surface area contributed by atoms with Gasteiger partial charge in [0.15, 0.2) is 5.58 Å². The van der Waals surface area contributed by atoms with Crippen molar-refractivity contribution in [3.63, 3.8) is 0 Å². The number of carbonyl (C=O) groups excluding carboxylic acids is 1. The first-order valence-corrected chi connectivity index (χ1v) is 8.99. The number of benzene rings is 2. The van der Waals surface area contributed by atoms with Crippen LogP contribution in [0.1, 0.15) is 6.92 Å². The van der Waals surface area contributed by atoms with Crippen molar-refractivity contribution in [2.45, 2.75) is 17.4 Å². The number of rotatable bonds is 6. The molecule has 10 heteroatoms. The van der Waals surface area contributed by atoms with Crippen LogP contribution in [0.4, 0.5) is 11.4 Å². The van der Waals surface area contributed by atoms with Gasteiger partial charge in [0.1, 0.15) is 11.3 Å². The standard InChI is InChI=1S/C17H14ClN3O5S/c1-9(27-17-20-12-5-3-10(18)7-15(12)26-17)16(22)19-13-8-11(21(23)24)4-6-14(13)25-2/h3-9H,1-2H3,(H,19,22)/t9-/m0/s1. The molecular formula is C17H14ClN3O5S. The Morgan fingerprint density at radius 3 is 2.85 bits per heavy atom. The highest BCUT2D eigenvalue weighted by Crippen LogP contribution is 2.31. The Hall–Kier alpha value is -2.78. The fourth-order valence-corrected chi connectivity index (χ4v) is 3.19. The highest BCUT2D eigenvalue weighted by Gasteiger charge is 2.21. The Labute approximate surface area is 163 Å². The smallest absolute Gasteiger partial charge is 0.271 e. The highest BCUT2D eigenvalue weighted by atomic mass is 35.5. The SMILES string of the molecule is COc1ccc([N+](=O)[O-])cc1NC(=O)[C@H](C)Sc1nc2ccc(Cl)cc2o1. The molecule has 1 heterocycles. The summed E-state index contributed by atoms with van der Waals surface area (Å²) >= 11 is 7.04. The Bertz CT molecular complexity index is 1020. The molecule has 1 aromatic heterocycles. The van der Waals surface area contributed by atoms with Crippen LogP contribution in [0.2, 0.25) is 5.02 Å². The number of nitro groups is 1. The number of non-ortho nitro benzene ring substituents is 1. The second-order valence-corrected chi connectivity index (χ2v) is 7.21. The van der Waals surface area contributed by atoms with Gasteiger partial charge < -0.3 is 14.5 Å². The predicted octanol–water partition coefficient (Wildman–Crippen LogP) is 4.52. The van der Waals surface area contributed by atoms with Crippen LogP contribution in [-0.2, 0) is 4.79 Å². The first kappa shape index (κ1) is 19.0. The lowest BCUT2D eigenvalue weighted by Crippen LogP contribution is -2.22. The molecule has 0 unspecified atom stereocenters. The van der Waals surface area contributed by atoms with Crippen molar-refractivity contribution in [2.75, 3.05) is 12.4 Å². The van der Waals surface area contributed by atoms with Gasteiger partial charge in [-0.25, -0.2) is 4.98 Å². The molecule has 8 nitrogen and oxygen atoms in total. The van der Waals surface area contributed by atoms with Crippen LogP contribution in [-0.4, -0.2) is 28.2 Å². The molecule has 140 valence electrons. The molecule has 0 bridgehead atoms. The van der Waals surface area contributed by atoms with Gasteiger partial charge in [-0.2, -0.15) is 0 Å². The number of nitro benzene ring substituents is 1. The van der Waals surface area contributed by atoms with E-state index in [2.05, 4.69) is 10.3 Å². The number of nitrogens with zero attached hydrogens (tertiary/aromatic N) is 2. The average Bonchev–Trinajstić information content (AvgIpc) is 3.02. The maximum atomic E-state index is 12.5. The molecule has 3 rings (SSSR count). The Balaban J connectivity index is 1.75. The lowest BCUT2D eigenvalue weighted by atomic mass is 10.2. The van der Waals surface area contributed by atoms with Crippen molar-refractivity contribution >= 4 is 51.7 Å². The van der Waals surface area contributed by atoms with Crippen molar-refractivity contribution in [2.24, 2.45) is 0 Å². The van der Waals surface area contributed by atoms with Crippen molar-refractivity contribution in [1.29, 1.82) is 0 Å². The van der Waals surface area contributed by atoms with Gasteiger partial charge in [-0.05, 0) is 25.1 Å². The molecule has 0 radical (unpaired) electrons. The summed E-state index contributed by atoms with van der Waals surface area (Å²) in [6, 6.07) is 9.05. The monoisotopic (exact) mass is 407 g/mol. The zero-order valence-corrected chi connectivity index (χ0v) is 15.8. The molecule has 0 fully saturated rings. The lowest BCUT2D eigenvalue weighted by molar-refractivity contribution is -0.384. The van der Waals surface area contributed by atoms with Crippen molar-refractivity contribution in [3.8, 4) is 5.75 Å². The quantitative estimate of drug-likeness (QED) is 0.363. The van der Waals surface area contributed by atoms with E-state index in [0.717, 1.165) is 11.8 Å². The maximum Gasteiger partial charge on any atom is 0.271 e. The van der Waals surface area contributed by atoms with E-state index in [4.69, 9.17) is 20.8 Å². The largest absolute Gasteiger partial charge is 0.495 e. The molecular weight excluding hydrogens is 394 g/mol. The number of oxazole rings is 1. The summed E-state index contributed by atoms with van der Waals surface area (Å²) in [7, 11) is 1.42. The molecule has 0 aliphatic carbocycles. The minimum Gasteiger partial charge on any atom is -0.495 e. The first-order valence-electron chi connectivity index (χ1n) is 7.73. The van der Waals surface area contributed by atoms with Crippen LogP contribution in [0.15, 0.2) is 46.0 Å². The molecule has 1 atom stereocenters. The van der Waals surface area contributed by atoms with Crippen LogP contribution in [0.5, 0.6) is 5.75 Å². The second-order valence-electron chi connectivity index (χ2n) is 5.48. The summed E-state index contributed by atoms with van der Waals surface area (Å²) in [4.78, 5) is 27.2. The third-order valence-corrected chi connectivity index (χ3v) is 4.81. The van der Waals surface area contributed by atoms with Gasteiger partial charge in [0.05, 0.1) is 23.0 Å². The number of carbonyl (C=O) groups is 1. The van der Waals surface area contributed by atoms with E-state index in [1.165, 1.54) is 25.3 Å². The predicted molar refractivity (Wildman–Crippen MR) is 103 cm³/mol. The van der Waals surface area contributed by atoms with Crippen LogP contribution >= 0.6 is 23.4 Å². The van der Waals surface area contributed by atoms with E-state index in [1.54, 1.807) is 25.1 Å². The highest BCUT2D eigenvalue weighted by molar-refractivity contribution is 8.00. The zero-order valence-electron chi connectivity index (χ0n) is 14.3. The van der Waals surface area contributed by atoms with Crippen molar-refractivity contribution < 1.29 is 18.9 Å². The number of aromatic nitrogens is 1. The number of amides is 1. The number of hydrogen-bond donors (Lipinski definition) is 1. The number of ether oxygens (including phenoxy) is 1. The van der Waals surface area contributed by atoms with Crippen LogP contribution in [0.25, 0.3) is 11.1 Å². The number of hydrogen-bond acceptors (Lipinski definition) is 7. The van der Waals surface area contributed by atoms with Gasteiger partial charge in [0, 0.05) is 23.2 Å². The van der Waals surface area contributed by atoms with E-state index in [0.29, 0.717) is 27.1 Å². The van der Waals surface area contributed by atoms with Gasteiger partial charge in [0.25, 0.3) is 10.9 Å². The molecule has 1 N–H and O–H groups in total. The van der Waals surface area contributed by atoms with Gasteiger partial charge in [-0.15, -0.1) is 0 Å². The number of methoxy groups -OCH3 is 1. The summed E-state index contributed by atoms with van der Waals surface area (Å²) in [6.07, 6.45) is 0. The molecule has 0 saturated carbocycles. The van der Waals surface area contributed by atoms with Gasteiger partial charge in [0.2, 0.25) is 5.91 Å². The summed E-state index contributed by atoms with van der Waals surface area (Å²) in [6.45, 7) is 1.67. The second kappa shape index (κ2) is 7.85. The molecule has 27 heavy (non-hydrogen) atoms. The van der Waals surface area contributed by atoms with Crippen molar-refractivity contribution in [1.82, 2.24) is 4.98 Å². The Morgan fingerprint density at radius 1 is 1.37 bits per heavy atom. The molecule has 0 aliphatic heterocycles. The normalized spacial score (nSPS) is 12.0. The van der Waals surface area contributed by atoms with Crippen LogP contribution in [0, 0.1) is 10.1 Å². The molecule has 2 aromatic carbocycles. The molecule has 1 amide bonds. The van der Waals surface area contributed by atoms with Crippen molar-refractivity contribution in [3.05, 3.63) is 51.5 Å². The number of fused-ring (bicyclic) bond motifs is 1. The maximum absolute atomic E-state index is 12.5. The number of thioether (sulfide) groups is 1. The fourth-order valence-electron chi connectivity index (χ4n) is 2.27. The van der Waals surface area contributed by atoms with Gasteiger partial charge in [-0.1, -0.05) is 23.4 Å². The van der Waals surface area contributed by atoms with E-state index in [9.17, 15) is 14.9 Å². The van der Waals surface area contributed by atoms with Crippen LogP contribution in [0.3, 0.4) is 0 Å². The van der Waals surface area contributed by atoms with E-state index in [-0.39, 0.29) is 17.3 Å². The Kier molecular flexibility index (Phi) is 5.52. The molecule has 0 aliphatic rings. The summed E-state index contributed by atoms with van der Waals surface area (Å²) < 4.78 is 10.7. The molecule has 3 aromatic rings. The minimum atomic E-state index is -0.572. The van der Waals surface area contributed by atoms with Gasteiger partial charge in [-0.3, -0.25) is 14.9 Å². The Morgan fingerprint density at radius 2 is 2.15 bits per heavy atom. The fraction of sp³-hybridized carbons (Fsp3) is 0.176. The van der Waals surface area contributed by atoms with E-state index < -0.39 is 10.2 Å². The number of nitrogens with one attached hydrogen (secondary N) is 1. The van der Waals surface area contributed by atoms with E-state index in [1.807, 2.05) is 0 Å². The summed E-state index contributed by atoms with van der Waals surface area (Å²) in [5.41, 5.74) is 1.23. The van der Waals surface area contributed by atoms with Crippen LogP contribution < -0.4 is 10.1 Å². The number of anilines is 1.